The Kier molecular flexibility index (Phi) is 7.56. The quantitative estimate of drug-likeness (QED) is 0.224. The van der Waals surface area contributed by atoms with Gasteiger partial charge >= 0.3 is 13.7 Å². The molecule has 0 bridgehead atoms. The Labute approximate surface area is 221 Å². The molecule has 2 aliphatic rings. The molecule has 2 fully saturated rings. The first-order chi connectivity index (χ1) is 18.2. The SMILES string of the molecule is CC(C)OC(=O)[C@H](C)NP(=O)(OCC1CC(n2cnc3c(NC4CC4)nc(N)nc32)C1)Oc1ccccc1. The third-order valence-electron chi connectivity index (χ3n) is 6.47. The van der Waals surface area contributed by atoms with Crippen molar-refractivity contribution in [1.82, 2.24) is 24.6 Å². The van der Waals surface area contributed by atoms with Crippen LogP contribution in [0.2, 0.25) is 0 Å². The minimum absolute atomic E-state index is 0.133. The smallest absolute Gasteiger partial charge is 0.459 e. The summed E-state index contributed by atoms with van der Waals surface area (Å²) < 4.78 is 32.5. The maximum Gasteiger partial charge on any atom is 0.459 e. The second-order valence-electron chi connectivity index (χ2n) is 10.2. The summed E-state index contributed by atoms with van der Waals surface area (Å²) in [5, 5.41) is 6.11. The molecule has 2 heterocycles. The van der Waals surface area contributed by atoms with Gasteiger partial charge in [-0.15, -0.1) is 0 Å². The van der Waals surface area contributed by atoms with Crippen molar-refractivity contribution in [3.8, 4) is 5.75 Å². The first kappa shape index (κ1) is 26.4. The molecule has 204 valence electrons. The van der Waals surface area contributed by atoms with Crippen molar-refractivity contribution in [2.45, 2.75) is 70.7 Å². The summed E-state index contributed by atoms with van der Waals surface area (Å²) in [5.41, 5.74) is 7.38. The summed E-state index contributed by atoms with van der Waals surface area (Å²) in [6.07, 6.45) is 5.25. The van der Waals surface area contributed by atoms with Crippen LogP contribution in [0.1, 0.15) is 52.5 Å². The zero-order chi connectivity index (χ0) is 26.9. The van der Waals surface area contributed by atoms with Gasteiger partial charge in [0.1, 0.15) is 11.8 Å². The van der Waals surface area contributed by atoms with Crippen LogP contribution in [0.25, 0.3) is 11.2 Å². The van der Waals surface area contributed by atoms with Crippen LogP contribution in [0.3, 0.4) is 0 Å². The summed E-state index contributed by atoms with van der Waals surface area (Å²) >= 11 is 0. The summed E-state index contributed by atoms with van der Waals surface area (Å²) in [5.74, 6) is 0.845. The maximum absolute atomic E-state index is 13.7. The first-order valence-corrected chi connectivity index (χ1v) is 14.5. The topological polar surface area (TPSA) is 156 Å². The van der Waals surface area contributed by atoms with E-state index in [4.69, 9.17) is 19.5 Å². The van der Waals surface area contributed by atoms with Crippen LogP contribution in [0.5, 0.6) is 5.75 Å². The minimum atomic E-state index is -3.88. The molecule has 2 aliphatic carbocycles. The number of para-hydroxylation sites is 1. The lowest BCUT2D eigenvalue weighted by atomic mass is 9.81. The lowest BCUT2D eigenvalue weighted by molar-refractivity contribution is -0.149. The van der Waals surface area contributed by atoms with Crippen LogP contribution in [-0.2, 0) is 18.6 Å². The number of hydrogen-bond donors (Lipinski definition) is 3. The highest BCUT2D eigenvalue weighted by atomic mass is 31.2. The van der Waals surface area contributed by atoms with Crippen molar-refractivity contribution in [2.24, 2.45) is 5.92 Å². The normalized spacial score (nSPS) is 21.5. The van der Waals surface area contributed by atoms with Gasteiger partial charge < -0.3 is 24.9 Å². The molecule has 13 heteroatoms. The fourth-order valence-corrected chi connectivity index (χ4v) is 5.89. The average Bonchev–Trinajstić information content (AvgIpc) is 3.55. The highest BCUT2D eigenvalue weighted by Crippen LogP contribution is 2.48. The van der Waals surface area contributed by atoms with Gasteiger partial charge in [0.05, 0.1) is 19.0 Å². The highest BCUT2D eigenvalue weighted by molar-refractivity contribution is 7.52. The fraction of sp³-hybridized carbons (Fsp3) is 0.520. The minimum Gasteiger partial charge on any atom is -0.462 e. The molecule has 0 spiro atoms. The van der Waals surface area contributed by atoms with Gasteiger partial charge in [-0.1, -0.05) is 18.2 Å². The molecular formula is C25H34N7O5P. The summed E-state index contributed by atoms with van der Waals surface area (Å²) in [4.78, 5) is 25.6. The number of nitrogens with two attached hydrogens (primary N) is 1. The van der Waals surface area contributed by atoms with Gasteiger partial charge in [0, 0.05) is 12.1 Å². The number of aromatic nitrogens is 4. The molecule has 3 aromatic rings. The van der Waals surface area contributed by atoms with Gasteiger partial charge in [0.25, 0.3) is 0 Å². The van der Waals surface area contributed by atoms with Crippen molar-refractivity contribution < 1.29 is 23.1 Å². The zero-order valence-corrected chi connectivity index (χ0v) is 22.6. The molecule has 0 radical (unpaired) electrons. The number of rotatable bonds is 12. The Balaban J connectivity index is 1.23. The van der Waals surface area contributed by atoms with Crippen LogP contribution in [-0.4, -0.2) is 50.3 Å². The Bertz CT molecular complexity index is 1320. The van der Waals surface area contributed by atoms with Gasteiger partial charge in [-0.3, -0.25) is 9.32 Å². The van der Waals surface area contributed by atoms with E-state index in [1.165, 1.54) is 0 Å². The number of benzene rings is 1. The summed E-state index contributed by atoms with van der Waals surface area (Å²) in [7, 11) is -3.88. The lowest BCUT2D eigenvalue weighted by Gasteiger charge is -2.36. The number of anilines is 2. The maximum atomic E-state index is 13.7. The number of imidazole rings is 1. The molecule has 12 nitrogen and oxygen atoms in total. The van der Waals surface area contributed by atoms with Crippen molar-refractivity contribution in [3.05, 3.63) is 36.7 Å². The van der Waals surface area contributed by atoms with Crippen LogP contribution in [0.4, 0.5) is 11.8 Å². The zero-order valence-electron chi connectivity index (χ0n) is 21.7. The number of carbonyl (C=O) groups excluding carboxylic acids is 1. The molecule has 2 saturated carbocycles. The first-order valence-electron chi connectivity index (χ1n) is 12.9. The van der Waals surface area contributed by atoms with Gasteiger partial charge in [0.2, 0.25) is 5.95 Å². The molecule has 0 aliphatic heterocycles. The molecule has 4 N–H and O–H groups in total. The van der Waals surface area contributed by atoms with Crippen molar-refractivity contribution in [3.63, 3.8) is 0 Å². The monoisotopic (exact) mass is 543 g/mol. The molecular weight excluding hydrogens is 509 g/mol. The molecule has 0 saturated heterocycles. The summed E-state index contributed by atoms with van der Waals surface area (Å²) in [6, 6.07) is 8.40. The number of hydrogen-bond acceptors (Lipinski definition) is 10. The van der Waals surface area contributed by atoms with Crippen LogP contribution in [0, 0.1) is 5.92 Å². The molecule has 1 unspecified atom stereocenters. The van der Waals surface area contributed by atoms with Gasteiger partial charge in [-0.2, -0.15) is 15.1 Å². The van der Waals surface area contributed by atoms with E-state index in [1.54, 1.807) is 51.4 Å². The Morgan fingerprint density at radius 3 is 2.61 bits per heavy atom. The van der Waals surface area contributed by atoms with E-state index >= 15 is 0 Å². The van der Waals surface area contributed by atoms with Crippen LogP contribution >= 0.6 is 7.75 Å². The highest BCUT2D eigenvalue weighted by Gasteiger charge is 2.37. The van der Waals surface area contributed by atoms with Gasteiger partial charge in [0.15, 0.2) is 17.0 Å². The van der Waals surface area contributed by atoms with E-state index < -0.39 is 19.8 Å². The van der Waals surface area contributed by atoms with E-state index in [0.717, 1.165) is 25.7 Å². The van der Waals surface area contributed by atoms with Crippen molar-refractivity contribution in [1.29, 1.82) is 0 Å². The summed E-state index contributed by atoms with van der Waals surface area (Å²) in [6.45, 7) is 5.27. The number of nitrogens with zero attached hydrogens (tertiary/aromatic N) is 4. The number of nitrogen functional groups attached to an aromatic ring is 1. The molecule has 0 amide bonds. The Morgan fingerprint density at radius 2 is 1.92 bits per heavy atom. The van der Waals surface area contributed by atoms with E-state index in [0.29, 0.717) is 28.8 Å². The van der Waals surface area contributed by atoms with Gasteiger partial charge in [-0.05, 0) is 64.5 Å². The average molecular weight is 544 g/mol. The number of nitrogens with one attached hydrogen (secondary N) is 2. The molecule has 2 aromatic heterocycles. The second kappa shape index (κ2) is 10.9. The number of fused-ring (bicyclic) bond motifs is 1. The lowest BCUT2D eigenvalue weighted by Crippen LogP contribution is -2.37. The van der Waals surface area contributed by atoms with E-state index in [1.807, 2.05) is 10.6 Å². The number of esters is 1. The van der Waals surface area contributed by atoms with Gasteiger partial charge in [-0.25, -0.2) is 9.55 Å². The third kappa shape index (κ3) is 6.25. The number of ether oxygens (including phenoxy) is 1. The predicted octanol–water partition coefficient (Wildman–Crippen LogP) is 4.07. The Morgan fingerprint density at radius 1 is 1.18 bits per heavy atom. The molecule has 5 rings (SSSR count). The van der Waals surface area contributed by atoms with E-state index in [2.05, 4.69) is 25.4 Å². The fourth-order valence-electron chi connectivity index (χ4n) is 4.32. The van der Waals surface area contributed by atoms with Crippen molar-refractivity contribution in [2.75, 3.05) is 17.7 Å². The van der Waals surface area contributed by atoms with Crippen molar-refractivity contribution >= 4 is 36.6 Å². The largest absolute Gasteiger partial charge is 0.462 e. The molecule has 2 atom stereocenters. The second-order valence-corrected chi connectivity index (χ2v) is 11.9. The predicted molar refractivity (Wildman–Crippen MR) is 143 cm³/mol. The van der Waals surface area contributed by atoms with E-state index in [-0.39, 0.29) is 30.6 Å². The van der Waals surface area contributed by atoms with Crippen LogP contribution in [0.15, 0.2) is 36.7 Å². The number of carbonyl (C=O) groups is 1. The van der Waals surface area contributed by atoms with Crippen LogP contribution < -0.4 is 20.7 Å². The van der Waals surface area contributed by atoms with E-state index in [9.17, 15) is 9.36 Å². The molecule has 1 aromatic carbocycles. The molecule has 38 heavy (non-hydrogen) atoms. The Hall–Kier alpha value is -3.21. The third-order valence-corrected chi connectivity index (χ3v) is 8.11. The standard InChI is InChI=1S/C25H34N7O5P/c1-15(2)36-24(33)16(3)31-38(34,37-20-7-5-4-6-8-20)35-13-17-11-19(12-17)32-14-27-21-22(28-18-9-10-18)29-25(26)30-23(21)32/h4-8,14-19H,9-13H2,1-3H3,(H,31,34)(H3,26,28,29,30)/t16-,17?,19?,38?/m0/s1.